The van der Waals surface area contributed by atoms with E-state index in [-0.39, 0.29) is 5.56 Å². The van der Waals surface area contributed by atoms with Crippen LogP contribution in [0, 0.1) is 0 Å². The molecule has 3 heterocycles. The van der Waals surface area contributed by atoms with Crippen LogP contribution >= 0.6 is 0 Å². The van der Waals surface area contributed by atoms with Crippen LogP contribution in [0.1, 0.15) is 25.0 Å². The molecule has 8 nitrogen and oxygen atoms in total. The topological polar surface area (TPSA) is 103 Å². The number of carboxylic acids is 1. The Morgan fingerprint density at radius 3 is 2.48 bits per heavy atom. The molecule has 27 heavy (non-hydrogen) atoms. The van der Waals surface area contributed by atoms with Gasteiger partial charge in [0, 0.05) is 50.0 Å². The molecule has 0 spiro atoms. The summed E-state index contributed by atoms with van der Waals surface area (Å²) in [6.07, 6.45) is 0.547. The van der Waals surface area contributed by atoms with Gasteiger partial charge >= 0.3 is 12.1 Å². The predicted molar refractivity (Wildman–Crippen MR) is 89.3 cm³/mol. The van der Waals surface area contributed by atoms with Gasteiger partial charge in [0.15, 0.2) is 5.65 Å². The number of nitrogens with zero attached hydrogens (tertiary/aromatic N) is 3. The standard InChI is InChI=1S/C14H19N5O.C2HF3O2/c20-14-6-10(17-13-4-5-16-19(13)14)9-18(11-2-1-3-11)12-7-15-8-12;3-2(4,5)1(6)7/h4-6,11-12,15-16H,1-3,7-9H2;(H,6,7). The maximum atomic E-state index is 12.0. The number of alkyl halides is 3. The molecule has 0 radical (unpaired) electrons. The highest BCUT2D eigenvalue weighted by atomic mass is 19.4. The molecule has 0 unspecified atom stereocenters. The fraction of sp³-hybridized carbons (Fsp3) is 0.562. The minimum atomic E-state index is -5.08. The van der Waals surface area contributed by atoms with Crippen LogP contribution in [0.15, 0.2) is 23.1 Å². The van der Waals surface area contributed by atoms with Gasteiger partial charge in [0.05, 0.1) is 5.69 Å². The van der Waals surface area contributed by atoms with Gasteiger partial charge in [0.2, 0.25) is 0 Å². The smallest absolute Gasteiger partial charge is 0.475 e. The van der Waals surface area contributed by atoms with Gasteiger partial charge in [-0.15, -0.1) is 0 Å². The average molecular weight is 387 g/mol. The van der Waals surface area contributed by atoms with Crippen molar-refractivity contribution in [1.82, 2.24) is 24.8 Å². The van der Waals surface area contributed by atoms with Crippen LogP contribution in [0.4, 0.5) is 13.2 Å². The Morgan fingerprint density at radius 1 is 1.33 bits per heavy atom. The third-order valence-electron chi connectivity index (χ3n) is 4.79. The van der Waals surface area contributed by atoms with E-state index in [9.17, 15) is 18.0 Å². The molecule has 1 saturated carbocycles. The highest BCUT2D eigenvalue weighted by molar-refractivity contribution is 5.73. The second-order valence-electron chi connectivity index (χ2n) is 6.61. The van der Waals surface area contributed by atoms with Gasteiger partial charge in [-0.25, -0.2) is 14.3 Å². The Balaban J connectivity index is 0.000000260. The summed E-state index contributed by atoms with van der Waals surface area (Å²) >= 11 is 0. The number of nitrogens with one attached hydrogen (secondary N) is 2. The lowest BCUT2D eigenvalue weighted by atomic mass is 9.89. The van der Waals surface area contributed by atoms with Crippen LogP contribution < -0.4 is 10.9 Å². The van der Waals surface area contributed by atoms with Crippen LogP contribution in [0.3, 0.4) is 0 Å². The van der Waals surface area contributed by atoms with Crippen LogP contribution in [0.25, 0.3) is 5.65 Å². The maximum Gasteiger partial charge on any atom is 0.490 e. The molecule has 0 bridgehead atoms. The van der Waals surface area contributed by atoms with Crippen molar-refractivity contribution in [3.8, 4) is 0 Å². The Morgan fingerprint density at radius 2 is 2.00 bits per heavy atom. The molecule has 1 saturated heterocycles. The fourth-order valence-electron chi connectivity index (χ4n) is 3.03. The molecular weight excluding hydrogens is 367 g/mol. The van der Waals surface area contributed by atoms with E-state index >= 15 is 0 Å². The summed E-state index contributed by atoms with van der Waals surface area (Å²) < 4.78 is 33.2. The molecule has 2 aromatic heterocycles. The molecule has 148 valence electrons. The molecule has 2 aromatic rings. The largest absolute Gasteiger partial charge is 0.490 e. The van der Waals surface area contributed by atoms with Gasteiger partial charge in [-0.2, -0.15) is 13.2 Å². The van der Waals surface area contributed by atoms with Gasteiger partial charge in [0.25, 0.3) is 5.56 Å². The number of rotatable bonds is 4. The number of hydrogen-bond donors (Lipinski definition) is 3. The first-order chi connectivity index (χ1) is 12.8. The lowest BCUT2D eigenvalue weighted by Gasteiger charge is -2.46. The minimum Gasteiger partial charge on any atom is -0.475 e. The highest BCUT2D eigenvalue weighted by Crippen LogP contribution is 2.28. The van der Waals surface area contributed by atoms with Crippen molar-refractivity contribution in [2.75, 3.05) is 13.1 Å². The average Bonchev–Trinajstić information content (AvgIpc) is 2.92. The molecular formula is C16H20F3N5O3. The molecule has 1 aliphatic heterocycles. The zero-order chi connectivity index (χ0) is 19.6. The molecule has 0 aromatic carbocycles. The SMILES string of the molecule is O=C(O)C(F)(F)F.O=c1cc(CN(C2CCC2)C2CNC2)nc2cc[nH]n12. The molecule has 1 aliphatic carbocycles. The van der Waals surface area contributed by atoms with Crippen LogP contribution in [0.2, 0.25) is 0 Å². The van der Waals surface area contributed by atoms with E-state index in [1.807, 2.05) is 6.07 Å². The third kappa shape index (κ3) is 4.48. The van der Waals surface area contributed by atoms with Gasteiger partial charge < -0.3 is 10.4 Å². The van der Waals surface area contributed by atoms with Crippen molar-refractivity contribution in [2.45, 2.75) is 44.1 Å². The third-order valence-corrected chi connectivity index (χ3v) is 4.79. The number of hydrogen-bond acceptors (Lipinski definition) is 5. The number of carboxylic acid groups (broad SMARTS) is 1. The van der Waals surface area contributed by atoms with Crippen molar-refractivity contribution < 1.29 is 23.1 Å². The zero-order valence-electron chi connectivity index (χ0n) is 14.4. The second-order valence-corrected chi connectivity index (χ2v) is 6.61. The van der Waals surface area contributed by atoms with Gasteiger partial charge in [-0.3, -0.25) is 14.8 Å². The summed E-state index contributed by atoms with van der Waals surface area (Å²) in [7, 11) is 0. The van der Waals surface area contributed by atoms with Crippen molar-refractivity contribution in [3.63, 3.8) is 0 Å². The molecule has 3 N–H and O–H groups in total. The number of halogens is 3. The van der Waals surface area contributed by atoms with Crippen molar-refractivity contribution in [3.05, 3.63) is 34.4 Å². The molecule has 2 aliphatic rings. The zero-order valence-corrected chi connectivity index (χ0v) is 14.4. The number of aromatic amines is 1. The predicted octanol–water partition coefficient (Wildman–Crippen LogP) is 0.982. The van der Waals surface area contributed by atoms with Gasteiger partial charge in [-0.1, -0.05) is 6.42 Å². The molecule has 0 amide bonds. The molecule has 4 rings (SSSR count). The Kier molecular flexibility index (Phi) is 5.51. The van der Waals surface area contributed by atoms with E-state index in [4.69, 9.17) is 9.90 Å². The van der Waals surface area contributed by atoms with E-state index in [0.717, 1.165) is 25.3 Å². The van der Waals surface area contributed by atoms with Crippen LogP contribution in [-0.4, -0.2) is 61.9 Å². The summed E-state index contributed by atoms with van der Waals surface area (Å²) in [5.41, 5.74) is 1.55. The van der Waals surface area contributed by atoms with Crippen molar-refractivity contribution >= 4 is 11.6 Å². The highest BCUT2D eigenvalue weighted by Gasteiger charge is 2.38. The Bertz CT molecular complexity index is 841. The monoisotopic (exact) mass is 387 g/mol. The Hall–Kier alpha value is -2.40. The van der Waals surface area contributed by atoms with Crippen LogP contribution in [-0.2, 0) is 11.3 Å². The Labute approximate surface area is 152 Å². The van der Waals surface area contributed by atoms with Crippen molar-refractivity contribution in [1.29, 1.82) is 0 Å². The first-order valence-electron chi connectivity index (χ1n) is 8.58. The summed E-state index contributed by atoms with van der Waals surface area (Å²) in [5, 5.41) is 13.3. The number of aliphatic carboxylic acids is 1. The number of H-pyrrole nitrogens is 1. The fourth-order valence-corrected chi connectivity index (χ4v) is 3.03. The summed E-state index contributed by atoms with van der Waals surface area (Å²) in [4.78, 5) is 28.0. The quantitative estimate of drug-likeness (QED) is 0.723. The minimum absolute atomic E-state index is 0.0321. The van der Waals surface area contributed by atoms with Gasteiger partial charge in [0.1, 0.15) is 0 Å². The van der Waals surface area contributed by atoms with E-state index in [1.165, 1.54) is 23.8 Å². The van der Waals surface area contributed by atoms with Crippen molar-refractivity contribution in [2.24, 2.45) is 0 Å². The number of aromatic nitrogens is 3. The molecule has 11 heteroatoms. The number of fused-ring (bicyclic) bond motifs is 1. The summed E-state index contributed by atoms with van der Waals surface area (Å²) in [6, 6.07) is 4.77. The normalized spacial score (nSPS) is 17.9. The second kappa shape index (κ2) is 7.69. The number of carbonyl (C=O) groups is 1. The van der Waals surface area contributed by atoms with E-state index < -0.39 is 12.1 Å². The molecule has 2 fully saturated rings. The van der Waals surface area contributed by atoms with E-state index in [0.29, 0.717) is 17.7 Å². The lowest BCUT2D eigenvalue weighted by molar-refractivity contribution is -0.192. The lowest BCUT2D eigenvalue weighted by Crippen LogP contribution is -2.60. The van der Waals surface area contributed by atoms with E-state index in [2.05, 4.69) is 20.3 Å². The van der Waals surface area contributed by atoms with E-state index in [1.54, 1.807) is 12.3 Å². The first kappa shape index (κ1) is 19.4. The summed E-state index contributed by atoms with van der Waals surface area (Å²) in [6.45, 7) is 2.90. The first-order valence-corrected chi connectivity index (χ1v) is 8.58. The maximum absolute atomic E-state index is 12.0. The summed E-state index contributed by atoms with van der Waals surface area (Å²) in [5.74, 6) is -2.76. The van der Waals surface area contributed by atoms with Crippen LogP contribution in [0.5, 0.6) is 0 Å². The molecule has 0 atom stereocenters. The van der Waals surface area contributed by atoms with Gasteiger partial charge in [-0.05, 0) is 12.8 Å².